The Balaban J connectivity index is 1.98. The predicted molar refractivity (Wildman–Crippen MR) is 68.4 cm³/mol. The molecule has 1 N–H and O–H groups in total. The highest BCUT2D eigenvalue weighted by Crippen LogP contribution is 2.42. The predicted octanol–water partition coefficient (Wildman–Crippen LogP) is 2.71. The molecule has 7 heteroatoms. The zero-order valence-corrected chi connectivity index (χ0v) is 11.4. The van der Waals surface area contributed by atoms with E-state index in [0.29, 0.717) is 0 Å². The summed E-state index contributed by atoms with van der Waals surface area (Å²) >= 11 is 0. The van der Waals surface area contributed by atoms with Gasteiger partial charge in [0.1, 0.15) is 6.61 Å². The van der Waals surface area contributed by atoms with Gasteiger partial charge in [-0.15, -0.1) is 0 Å². The first-order valence-electron chi connectivity index (χ1n) is 6.52. The van der Waals surface area contributed by atoms with Crippen LogP contribution in [-0.2, 0) is 11.3 Å². The maximum absolute atomic E-state index is 12.9. The number of halogens is 3. The summed E-state index contributed by atoms with van der Waals surface area (Å²) in [6.07, 6.45) is -6.18. The van der Waals surface area contributed by atoms with Crippen molar-refractivity contribution in [2.75, 3.05) is 6.54 Å². The second-order valence-electron chi connectivity index (χ2n) is 5.08. The summed E-state index contributed by atoms with van der Waals surface area (Å²) in [6, 6.07) is 7.45. The van der Waals surface area contributed by atoms with Gasteiger partial charge >= 0.3 is 12.3 Å². The number of nitrogens with zero attached hydrogens (tertiary/aromatic N) is 1. The molecule has 1 saturated heterocycles. The molecule has 1 fully saturated rings. The number of aliphatic hydroxyl groups is 1. The minimum Gasteiger partial charge on any atom is -0.445 e. The molecule has 1 aromatic rings. The number of amides is 1. The number of carbonyl (C=O) groups excluding carboxylic acids is 1. The largest absolute Gasteiger partial charge is 0.445 e. The fraction of sp³-hybridized carbons (Fsp3) is 0.500. The Hall–Kier alpha value is -1.76. The van der Waals surface area contributed by atoms with E-state index in [1.165, 1.54) is 6.92 Å². The molecule has 1 heterocycles. The molecule has 21 heavy (non-hydrogen) atoms. The molecule has 1 aliphatic rings. The number of ether oxygens (including phenoxy) is 1. The van der Waals surface area contributed by atoms with E-state index in [4.69, 9.17) is 4.74 Å². The molecular weight excluding hydrogens is 287 g/mol. The van der Waals surface area contributed by atoms with Crippen molar-refractivity contribution in [1.82, 2.24) is 4.90 Å². The third-order valence-corrected chi connectivity index (χ3v) is 3.82. The van der Waals surface area contributed by atoms with Crippen LogP contribution < -0.4 is 0 Å². The van der Waals surface area contributed by atoms with Gasteiger partial charge in [-0.3, -0.25) is 0 Å². The van der Waals surface area contributed by atoms with Gasteiger partial charge in [-0.1, -0.05) is 30.3 Å². The number of hydrogen-bond acceptors (Lipinski definition) is 3. The van der Waals surface area contributed by atoms with Crippen LogP contribution in [0.2, 0.25) is 0 Å². The average Bonchev–Trinajstić information content (AvgIpc) is 2.75. The molecule has 0 spiro atoms. The van der Waals surface area contributed by atoms with Gasteiger partial charge in [-0.2, -0.15) is 13.2 Å². The first-order valence-corrected chi connectivity index (χ1v) is 6.52. The molecule has 1 amide bonds. The first kappa shape index (κ1) is 15.6. The summed E-state index contributed by atoms with van der Waals surface area (Å²) in [6.45, 7) is 0.961. The standard InChI is InChI=1S/C14H16F3NO3/c1-10-13(20,14(15,16)17)7-8-18(10)12(19)21-9-11-5-3-2-4-6-11/h2-6,10,20H,7-9H2,1H3/t10-,13-/m0/s1. The van der Waals surface area contributed by atoms with Crippen molar-refractivity contribution in [3.05, 3.63) is 35.9 Å². The van der Waals surface area contributed by atoms with Crippen molar-refractivity contribution in [2.24, 2.45) is 0 Å². The van der Waals surface area contributed by atoms with Crippen molar-refractivity contribution in [3.8, 4) is 0 Å². The number of likely N-dealkylation sites (tertiary alicyclic amines) is 1. The van der Waals surface area contributed by atoms with Gasteiger partial charge in [0.2, 0.25) is 0 Å². The fourth-order valence-electron chi connectivity index (χ4n) is 2.38. The van der Waals surface area contributed by atoms with Crippen molar-refractivity contribution in [3.63, 3.8) is 0 Å². The molecule has 2 atom stereocenters. The highest BCUT2D eigenvalue weighted by atomic mass is 19.4. The maximum atomic E-state index is 12.9. The van der Waals surface area contributed by atoms with Gasteiger partial charge in [0.15, 0.2) is 5.60 Å². The highest BCUT2D eigenvalue weighted by molar-refractivity contribution is 5.68. The molecule has 0 bridgehead atoms. The van der Waals surface area contributed by atoms with Gasteiger partial charge in [0.05, 0.1) is 6.04 Å². The number of alkyl halides is 3. The molecule has 4 nitrogen and oxygen atoms in total. The Bertz CT molecular complexity index is 506. The van der Waals surface area contributed by atoms with Gasteiger partial charge in [-0.25, -0.2) is 4.79 Å². The lowest BCUT2D eigenvalue weighted by atomic mass is 9.95. The maximum Gasteiger partial charge on any atom is 0.419 e. The lowest BCUT2D eigenvalue weighted by Crippen LogP contribution is -2.54. The summed E-state index contributed by atoms with van der Waals surface area (Å²) in [5.41, 5.74) is -2.14. The number of carbonyl (C=O) groups is 1. The summed E-state index contributed by atoms with van der Waals surface area (Å²) in [5.74, 6) is 0. The molecule has 0 aliphatic carbocycles. The van der Waals surface area contributed by atoms with E-state index >= 15 is 0 Å². The zero-order chi connectivity index (χ0) is 15.7. The van der Waals surface area contributed by atoms with Crippen molar-refractivity contribution >= 4 is 6.09 Å². The average molecular weight is 303 g/mol. The van der Waals surface area contributed by atoms with E-state index in [1.54, 1.807) is 30.3 Å². The third kappa shape index (κ3) is 2.97. The van der Waals surface area contributed by atoms with Crippen molar-refractivity contribution < 1.29 is 27.8 Å². The first-order chi connectivity index (χ1) is 9.75. The second kappa shape index (κ2) is 5.55. The lowest BCUT2D eigenvalue weighted by molar-refractivity contribution is -0.264. The van der Waals surface area contributed by atoms with Crippen molar-refractivity contribution in [1.29, 1.82) is 0 Å². The second-order valence-corrected chi connectivity index (χ2v) is 5.08. The zero-order valence-electron chi connectivity index (χ0n) is 11.4. The van der Waals surface area contributed by atoms with Crippen LogP contribution in [0.15, 0.2) is 30.3 Å². The lowest BCUT2D eigenvalue weighted by Gasteiger charge is -2.32. The molecule has 0 unspecified atom stereocenters. The highest BCUT2D eigenvalue weighted by Gasteiger charge is 2.62. The van der Waals surface area contributed by atoms with E-state index in [-0.39, 0.29) is 13.2 Å². The Morgan fingerprint density at radius 2 is 2.05 bits per heavy atom. The SMILES string of the molecule is C[C@@H]1N(C(=O)OCc2ccccc2)CC[C@@]1(O)C(F)(F)F. The van der Waals surface area contributed by atoms with Crippen LogP contribution in [0.1, 0.15) is 18.9 Å². The minimum atomic E-state index is -4.78. The number of benzene rings is 1. The Morgan fingerprint density at radius 1 is 1.43 bits per heavy atom. The van der Waals surface area contributed by atoms with E-state index in [9.17, 15) is 23.1 Å². The number of hydrogen-bond donors (Lipinski definition) is 1. The molecule has 2 rings (SSSR count). The van der Waals surface area contributed by atoms with E-state index < -0.39 is 30.3 Å². The van der Waals surface area contributed by atoms with Crippen LogP contribution in [0.5, 0.6) is 0 Å². The van der Waals surface area contributed by atoms with Gasteiger partial charge < -0.3 is 14.7 Å². The fourth-order valence-corrected chi connectivity index (χ4v) is 2.38. The summed E-state index contributed by atoms with van der Waals surface area (Å²) in [4.78, 5) is 12.8. The van der Waals surface area contributed by atoms with Crippen LogP contribution in [0, 0.1) is 0 Å². The Morgan fingerprint density at radius 3 is 2.57 bits per heavy atom. The molecule has 0 aromatic heterocycles. The third-order valence-electron chi connectivity index (χ3n) is 3.82. The van der Waals surface area contributed by atoms with Crippen LogP contribution in [0.3, 0.4) is 0 Å². The molecular formula is C14H16F3NO3. The van der Waals surface area contributed by atoms with Gasteiger partial charge in [0.25, 0.3) is 0 Å². The topological polar surface area (TPSA) is 49.8 Å². The summed E-state index contributed by atoms with van der Waals surface area (Å²) in [7, 11) is 0. The van der Waals surface area contributed by atoms with E-state index in [0.717, 1.165) is 10.5 Å². The van der Waals surface area contributed by atoms with Gasteiger partial charge in [0, 0.05) is 13.0 Å². The molecule has 1 aromatic carbocycles. The molecule has 1 aliphatic heterocycles. The normalized spacial score (nSPS) is 26.0. The van der Waals surface area contributed by atoms with Gasteiger partial charge in [-0.05, 0) is 12.5 Å². The molecule has 0 radical (unpaired) electrons. The van der Waals surface area contributed by atoms with Crippen molar-refractivity contribution in [2.45, 2.75) is 37.8 Å². The monoisotopic (exact) mass is 303 g/mol. The van der Waals surface area contributed by atoms with Crippen LogP contribution in [0.25, 0.3) is 0 Å². The summed E-state index contributed by atoms with van der Waals surface area (Å²) in [5, 5.41) is 9.73. The van der Waals surface area contributed by atoms with Crippen LogP contribution >= 0.6 is 0 Å². The smallest absolute Gasteiger partial charge is 0.419 e. The Kier molecular flexibility index (Phi) is 4.13. The quantitative estimate of drug-likeness (QED) is 0.914. The minimum absolute atomic E-state index is 0.0205. The van der Waals surface area contributed by atoms with E-state index in [2.05, 4.69) is 0 Å². The number of rotatable bonds is 2. The van der Waals surface area contributed by atoms with Crippen LogP contribution in [-0.4, -0.2) is 40.5 Å². The molecule has 116 valence electrons. The summed E-state index contributed by atoms with van der Waals surface area (Å²) < 4.78 is 43.6. The van der Waals surface area contributed by atoms with Crippen LogP contribution in [0.4, 0.5) is 18.0 Å². The van der Waals surface area contributed by atoms with E-state index in [1.807, 2.05) is 0 Å². The Labute approximate surface area is 120 Å². The molecule has 0 saturated carbocycles.